The predicted octanol–water partition coefficient (Wildman–Crippen LogP) is 2.11. The molecule has 0 aliphatic heterocycles. The Morgan fingerprint density at radius 1 is 1.21 bits per heavy atom. The molecule has 3 N–H and O–H groups in total. The standard InChI is InChI=1S/C8H8F6N4O/c1-3(7(9,10)11)19-5-2-4(8(12,13)14)16-6(17-5)18-15/h2-3H,15H2,1H3,(H,16,17,18). The summed E-state index contributed by atoms with van der Waals surface area (Å²) < 4.78 is 78.2. The lowest BCUT2D eigenvalue weighted by Crippen LogP contribution is -2.31. The number of hydrazine groups is 1. The van der Waals surface area contributed by atoms with E-state index in [9.17, 15) is 26.3 Å². The van der Waals surface area contributed by atoms with E-state index < -0.39 is 36.0 Å². The van der Waals surface area contributed by atoms with Crippen molar-refractivity contribution in [1.82, 2.24) is 9.97 Å². The number of aromatic nitrogens is 2. The van der Waals surface area contributed by atoms with Gasteiger partial charge in [0.2, 0.25) is 11.8 Å². The van der Waals surface area contributed by atoms with Crippen molar-refractivity contribution in [2.24, 2.45) is 5.84 Å². The summed E-state index contributed by atoms with van der Waals surface area (Å²) in [6.07, 6.45) is -11.9. The molecule has 1 aromatic rings. The zero-order chi connectivity index (χ0) is 14.8. The summed E-state index contributed by atoms with van der Waals surface area (Å²) in [5.41, 5.74) is 0.236. The Morgan fingerprint density at radius 3 is 2.21 bits per heavy atom. The topological polar surface area (TPSA) is 73.1 Å². The van der Waals surface area contributed by atoms with Crippen molar-refractivity contribution in [3.63, 3.8) is 0 Å². The molecule has 5 nitrogen and oxygen atoms in total. The van der Waals surface area contributed by atoms with Crippen LogP contribution in [0.3, 0.4) is 0 Å². The summed E-state index contributed by atoms with van der Waals surface area (Å²) >= 11 is 0. The van der Waals surface area contributed by atoms with E-state index in [1.807, 2.05) is 0 Å². The summed E-state index contributed by atoms with van der Waals surface area (Å²) in [5, 5.41) is 0. The monoisotopic (exact) mass is 290 g/mol. The molecule has 0 radical (unpaired) electrons. The Kier molecular flexibility index (Phi) is 4.08. The van der Waals surface area contributed by atoms with Gasteiger partial charge in [0.1, 0.15) is 0 Å². The molecule has 19 heavy (non-hydrogen) atoms. The number of anilines is 1. The first kappa shape index (κ1) is 15.3. The maximum Gasteiger partial charge on any atom is 0.433 e. The second kappa shape index (κ2) is 5.07. The molecule has 0 amide bonds. The molecule has 1 unspecified atom stereocenters. The van der Waals surface area contributed by atoms with Gasteiger partial charge in [-0.05, 0) is 6.92 Å². The van der Waals surface area contributed by atoms with E-state index in [1.54, 1.807) is 5.43 Å². The van der Waals surface area contributed by atoms with Gasteiger partial charge in [-0.3, -0.25) is 5.43 Å². The highest BCUT2D eigenvalue weighted by Gasteiger charge is 2.39. The fraction of sp³-hybridized carbons (Fsp3) is 0.500. The van der Waals surface area contributed by atoms with E-state index in [0.29, 0.717) is 6.92 Å². The molecule has 0 saturated heterocycles. The highest BCUT2D eigenvalue weighted by molar-refractivity contribution is 5.30. The number of hydrogen-bond donors (Lipinski definition) is 2. The first-order valence-electron chi connectivity index (χ1n) is 4.70. The number of nitrogens with one attached hydrogen (secondary N) is 1. The molecule has 1 aromatic heterocycles. The average Bonchev–Trinajstić information content (AvgIpc) is 2.26. The van der Waals surface area contributed by atoms with Gasteiger partial charge in [0.15, 0.2) is 11.8 Å². The predicted molar refractivity (Wildman–Crippen MR) is 51.0 cm³/mol. The second-order valence-electron chi connectivity index (χ2n) is 3.36. The minimum atomic E-state index is -4.87. The summed E-state index contributed by atoms with van der Waals surface area (Å²) in [7, 11) is 0. The molecular weight excluding hydrogens is 282 g/mol. The van der Waals surface area contributed by atoms with Crippen molar-refractivity contribution < 1.29 is 31.1 Å². The normalized spacial score (nSPS) is 14.1. The van der Waals surface area contributed by atoms with Crippen molar-refractivity contribution in [3.05, 3.63) is 11.8 Å². The van der Waals surface area contributed by atoms with Crippen LogP contribution in [0.1, 0.15) is 12.6 Å². The molecule has 0 aromatic carbocycles. The minimum absolute atomic E-state index is 0.253. The number of nitrogen functional groups attached to an aromatic ring is 1. The molecule has 1 rings (SSSR count). The quantitative estimate of drug-likeness (QED) is 0.507. The van der Waals surface area contributed by atoms with Gasteiger partial charge in [-0.1, -0.05) is 0 Å². The highest BCUT2D eigenvalue weighted by Crippen LogP contribution is 2.31. The van der Waals surface area contributed by atoms with Crippen LogP contribution in [0.25, 0.3) is 0 Å². The Hall–Kier alpha value is -1.78. The Labute approximate surface area is 102 Å². The summed E-state index contributed by atoms with van der Waals surface area (Å²) in [4.78, 5) is 6.21. The van der Waals surface area contributed by atoms with Crippen molar-refractivity contribution in [1.29, 1.82) is 0 Å². The summed E-state index contributed by atoms with van der Waals surface area (Å²) in [5.74, 6) is 3.23. The third kappa shape index (κ3) is 4.12. The van der Waals surface area contributed by atoms with Gasteiger partial charge < -0.3 is 4.74 Å². The molecule has 0 aliphatic carbocycles. The lowest BCUT2D eigenvalue weighted by atomic mass is 10.3. The Morgan fingerprint density at radius 2 is 1.79 bits per heavy atom. The van der Waals surface area contributed by atoms with Crippen molar-refractivity contribution in [3.8, 4) is 5.88 Å². The Bertz CT molecular complexity index is 446. The average molecular weight is 290 g/mol. The third-order valence-corrected chi connectivity index (χ3v) is 1.88. The zero-order valence-electron chi connectivity index (χ0n) is 9.30. The molecular formula is C8H8F6N4O. The first-order valence-corrected chi connectivity index (χ1v) is 4.70. The SMILES string of the molecule is CC(Oc1cc(C(F)(F)F)nc(NN)n1)C(F)(F)F. The van der Waals surface area contributed by atoms with Crippen LogP contribution < -0.4 is 16.0 Å². The Balaban J connectivity index is 3.08. The largest absolute Gasteiger partial charge is 0.465 e. The van der Waals surface area contributed by atoms with Gasteiger partial charge in [0, 0.05) is 6.07 Å². The number of hydrogen-bond acceptors (Lipinski definition) is 5. The van der Waals surface area contributed by atoms with Crippen molar-refractivity contribution >= 4 is 5.95 Å². The van der Waals surface area contributed by atoms with Crippen LogP contribution in [-0.2, 0) is 6.18 Å². The second-order valence-corrected chi connectivity index (χ2v) is 3.36. The molecule has 0 fully saturated rings. The van der Waals surface area contributed by atoms with E-state index in [1.165, 1.54) is 0 Å². The number of halogens is 6. The van der Waals surface area contributed by atoms with Crippen molar-refractivity contribution in [2.45, 2.75) is 25.4 Å². The maximum atomic E-state index is 12.4. The molecule has 0 bridgehead atoms. The number of rotatable bonds is 3. The molecule has 1 heterocycles. The highest BCUT2D eigenvalue weighted by atomic mass is 19.4. The summed E-state index contributed by atoms with van der Waals surface area (Å²) in [6, 6.07) is 0.253. The van der Waals surface area contributed by atoms with Crippen LogP contribution in [0.2, 0.25) is 0 Å². The van der Waals surface area contributed by atoms with Crippen LogP contribution in [0.4, 0.5) is 32.3 Å². The lowest BCUT2D eigenvalue weighted by molar-refractivity contribution is -0.190. The third-order valence-electron chi connectivity index (χ3n) is 1.88. The molecule has 11 heteroatoms. The molecule has 1 atom stereocenters. The van der Waals surface area contributed by atoms with E-state index >= 15 is 0 Å². The lowest BCUT2D eigenvalue weighted by Gasteiger charge is -2.18. The maximum absolute atomic E-state index is 12.4. The number of ether oxygens (including phenoxy) is 1. The first-order chi connectivity index (χ1) is 8.54. The number of alkyl halides is 6. The van der Waals surface area contributed by atoms with E-state index in [0.717, 1.165) is 0 Å². The fourth-order valence-electron chi connectivity index (χ4n) is 0.943. The van der Waals surface area contributed by atoms with Crippen LogP contribution in [0.5, 0.6) is 5.88 Å². The summed E-state index contributed by atoms with van der Waals surface area (Å²) in [6.45, 7) is 0.630. The number of nitrogens with zero attached hydrogens (tertiary/aromatic N) is 2. The minimum Gasteiger partial charge on any atom is -0.465 e. The van der Waals surface area contributed by atoms with Gasteiger partial charge in [-0.2, -0.15) is 31.3 Å². The van der Waals surface area contributed by atoms with Gasteiger partial charge in [-0.15, -0.1) is 0 Å². The number of nitrogens with two attached hydrogens (primary N) is 1. The van der Waals surface area contributed by atoms with Crippen molar-refractivity contribution in [2.75, 3.05) is 5.43 Å². The van der Waals surface area contributed by atoms with Crippen LogP contribution in [0.15, 0.2) is 6.07 Å². The molecule has 0 saturated carbocycles. The van der Waals surface area contributed by atoms with E-state index in [2.05, 4.69) is 14.7 Å². The smallest absolute Gasteiger partial charge is 0.433 e. The van der Waals surface area contributed by atoms with Crippen LogP contribution in [0, 0.1) is 0 Å². The molecule has 0 spiro atoms. The molecule has 0 aliphatic rings. The molecule has 108 valence electrons. The van der Waals surface area contributed by atoms with Crippen LogP contribution in [-0.4, -0.2) is 22.2 Å². The van der Waals surface area contributed by atoms with Gasteiger partial charge >= 0.3 is 12.4 Å². The van der Waals surface area contributed by atoms with E-state index in [4.69, 9.17) is 5.84 Å². The zero-order valence-corrected chi connectivity index (χ0v) is 9.30. The fourth-order valence-corrected chi connectivity index (χ4v) is 0.943. The van der Waals surface area contributed by atoms with Crippen LogP contribution >= 0.6 is 0 Å². The van der Waals surface area contributed by atoms with Gasteiger partial charge in [-0.25, -0.2) is 10.8 Å². The van der Waals surface area contributed by atoms with Gasteiger partial charge in [0.25, 0.3) is 0 Å². The van der Waals surface area contributed by atoms with E-state index in [-0.39, 0.29) is 6.07 Å². The van der Waals surface area contributed by atoms with Gasteiger partial charge in [0.05, 0.1) is 0 Å².